The molecule has 1 heterocycles. The molecule has 0 spiro atoms. The molecule has 1 saturated heterocycles. The number of hydrogen-bond acceptors (Lipinski definition) is 6. The minimum Gasteiger partial charge on any atom is -0.491 e. The number of piperazine rings is 1. The monoisotopic (exact) mass is 465 g/mol. The third kappa shape index (κ3) is 11.1. The van der Waals surface area contributed by atoms with Gasteiger partial charge < -0.3 is 29.7 Å². The van der Waals surface area contributed by atoms with E-state index in [2.05, 4.69) is 37.8 Å². The summed E-state index contributed by atoms with van der Waals surface area (Å²) >= 11 is 0. The SMILES string of the molecule is CC.CC(CCOC(C)(C)CCN)Oc1ccc(N2CCN(C(=O)OC(C)(C)C)CC2)cc1. The van der Waals surface area contributed by atoms with Crippen LogP contribution in [0, 0.1) is 0 Å². The lowest BCUT2D eigenvalue weighted by atomic mass is 10.1. The largest absolute Gasteiger partial charge is 0.491 e. The van der Waals surface area contributed by atoms with E-state index in [1.165, 1.54) is 0 Å². The smallest absolute Gasteiger partial charge is 0.410 e. The molecule has 1 amide bonds. The van der Waals surface area contributed by atoms with E-state index in [9.17, 15) is 4.79 Å². The fourth-order valence-electron chi connectivity index (χ4n) is 3.42. The van der Waals surface area contributed by atoms with E-state index in [-0.39, 0.29) is 17.8 Å². The Balaban J connectivity index is 0.00000265. The Morgan fingerprint density at radius 2 is 1.61 bits per heavy atom. The van der Waals surface area contributed by atoms with E-state index in [0.717, 1.165) is 37.4 Å². The Hall–Kier alpha value is -1.99. The molecule has 1 aliphatic rings. The van der Waals surface area contributed by atoms with Crippen LogP contribution in [0.2, 0.25) is 0 Å². The molecule has 1 atom stereocenters. The predicted octanol–water partition coefficient (Wildman–Crippen LogP) is 5.07. The average Bonchev–Trinajstić information content (AvgIpc) is 2.74. The first-order valence-electron chi connectivity index (χ1n) is 12.3. The van der Waals surface area contributed by atoms with Crippen LogP contribution in [0.4, 0.5) is 10.5 Å². The second-order valence-electron chi connectivity index (χ2n) is 9.81. The Morgan fingerprint density at radius 1 is 1.03 bits per heavy atom. The van der Waals surface area contributed by atoms with Crippen molar-refractivity contribution in [3.8, 4) is 5.75 Å². The maximum absolute atomic E-state index is 12.2. The first kappa shape index (κ1) is 29.0. The van der Waals surface area contributed by atoms with Crippen LogP contribution in [-0.2, 0) is 9.47 Å². The van der Waals surface area contributed by atoms with Crippen LogP contribution >= 0.6 is 0 Å². The zero-order valence-electron chi connectivity index (χ0n) is 22.1. The van der Waals surface area contributed by atoms with Gasteiger partial charge in [0.25, 0.3) is 0 Å². The number of anilines is 1. The summed E-state index contributed by atoms with van der Waals surface area (Å²) < 4.78 is 17.4. The minimum atomic E-state index is -0.464. The first-order valence-corrected chi connectivity index (χ1v) is 12.3. The lowest BCUT2D eigenvalue weighted by Gasteiger charge is -2.36. The third-order valence-electron chi connectivity index (χ3n) is 5.23. The van der Waals surface area contributed by atoms with Crippen LogP contribution in [0.25, 0.3) is 0 Å². The molecular weight excluding hydrogens is 418 g/mol. The molecule has 0 bridgehead atoms. The van der Waals surface area contributed by atoms with Gasteiger partial charge in [-0.25, -0.2) is 4.79 Å². The predicted molar refractivity (Wildman–Crippen MR) is 136 cm³/mol. The van der Waals surface area contributed by atoms with Crippen molar-refractivity contribution in [2.75, 3.05) is 44.2 Å². The number of benzene rings is 1. The zero-order chi connectivity index (χ0) is 25.1. The van der Waals surface area contributed by atoms with Crippen LogP contribution < -0.4 is 15.4 Å². The van der Waals surface area contributed by atoms with Crippen molar-refractivity contribution in [3.05, 3.63) is 24.3 Å². The van der Waals surface area contributed by atoms with Crippen LogP contribution in [0.5, 0.6) is 5.75 Å². The summed E-state index contributed by atoms with van der Waals surface area (Å²) in [4.78, 5) is 16.3. The number of carbonyl (C=O) groups excluding carboxylic acids is 1. The maximum atomic E-state index is 12.2. The molecule has 7 nitrogen and oxygen atoms in total. The molecule has 190 valence electrons. The van der Waals surface area contributed by atoms with Gasteiger partial charge in [0, 0.05) is 38.3 Å². The molecule has 1 aliphatic heterocycles. The van der Waals surface area contributed by atoms with E-state index in [1.54, 1.807) is 4.90 Å². The Labute approximate surface area is 201 Å². The van der Waals surface area contributed by atoms with Crippen molar-refractivity contribution in [3.63, 3.8) is 0 Å². The van der Waals surface area contributed by atoms with Gasteiger partial charge in [-0.3, -0.25) is 0 Å². The van der Waals surface area contributed by atoms with Gasteiger partial charge in [0.15, 0.2) is 0 Å². The molecule has 0 aliphatic carbocycles. The second kappa shape index (κ2) is 13.7. The van der Waals surface area contributed by atoms with E-state index in [0.29, 0.717) is 26.2 Å². The van der Waals surface area contributed by atoms with Gasteiger partial charge in [-0.15, -0.1) is 0 Å². The summed E-state index contributed by atoms with van der Waals surface area (Å²) in [6.07, 6.45) is 1.50. The zero-order valence-corrected chi connectivity index (χ0v) is 22.1. The molecule has 1 fully saturated rings. The highest BCUT2D eigenvalue weighted by atomic mass is 16.6. The third-order valence-corrected chi connectivity index (χ3v) is 5.23. The van der Waals surface area contributed by atoms with Gasteiger partial charge in [0.1, 0.15) is 11.4 Å². The van der Waals surface area contributed by atoms with Gasteiger partial charge in [-0.1, -0.05) is 13.8 Å². The van der Waals surface area contributed by atoms with Crippen molar-refractivity contribution in [1.29, 1.82) is 0 Å². The van der Waals surface area contributed by atoms with E-state index in [1.807, 2.05) is 46.8 Å². The molecule has 1 aromatic carbocycles. The van der Waals surface area contributed by atoms with E-state index >= 15 is 0 Å². The van der Waals surface area contributed by atoms with E-state index in [4.69, 9.17) is 19.9 Å². The highest BCUT2D eigenvalue weighted by Crippen LogP contribution is 2.23. The summed E-state index contributed by atoms with van der Waals surface area (Å²) in [5.74, 6) is 0.852. The fraction of sp³-hybridized carbons (Fsp3) is 0.731. The topological polar surface area (TPSA) is 77.3 Å². The van der Waals surface area contributed by atoms with Crippen molar-refractivity contribution in [2.45, 2.75) is 85.5 Å². The first-order chi connectivity index (χ1) is 15.5. The van der Waals surface area contributed by atoms with Crippen LogP contribution in [0.15, 0.2) is 24.3 Å². The van der Waals surface area contributed by atoms with Gasteiger partial charge in [-0.2, -0.15) is 0 Å². The van der Waals surface area contributed by atoms with E-state index < -0.39 is 5.60 Å². The number of rotatable bonds is 9. The van der Waals surface area contributed by atoms with Crippen molar-refractivity contribution < 1.29 is 19.0 Å². The molecule has 1 unspecified atom stereocenters. The molecule has 7 heteroatoms. The summed E-state index contributed by atoms with van der Waals surface area (Å²) in [7, 11) is 0. The number of amides is 1. The highest BCUT2D eigenvalue weighted by molar-refractivity contribution is 5.68. The summed E-state index contributed by atoms with van der Waals surface area (Å²) in [6.45, 7) is 20.0. The van der Waals surface area contributed by atoms with Gasteiger partial charge >= 0.3 is 6.09 Å². The molecule has 33 heavy (non-hydrogen) atoms. The van der Waals surface area contributed by atoms with Crippen molar-refractivity contribution >= 4 is 11.8 Å². The fourth-order valence-corrected chi connectivity index (χ4v) is 3.42. The number of nitrogens with zero attached hydrogens (tertiary/aromatic N) is 2. The van der Waals surface area contributed by atoms with Gasteiger partial charge in [0.05, 0.1) is 18.3 Å². The normalized spacial score (nSPS) is 15.4. The van der Waals surface area contributed by atoms with Crippen molar-refractivity contribution in [2.24, 2.45) is 5.73 Å². The maximum Gasteiger partial charge on any atom is 0.410 e. The van der Waals surface area contributed by atoms with Crippen LogP contribution in [0.3, 0.4) is 0 Å². The summed E-state index contributed by atoms with van der Waals surface area (Å²) in [5, 5.41) is 0. The molecular formula is C26H47N3O4. The molecule has 0 aromatic heterocycles. The number of carbonyl (C=O) groups is 1. The van der Waals surface area contributed by atoms with Gasteiger partial charge in [0.2, 0.25) is 0 Å². The Bertz CT molecular complexity index is 678. The standard InChI is InChI=1S/C24H41N3O4.C2H6/c1-19(11-18-29-24(5,6)12-13-25)30-21-9-7-20(8-10-21)26-14-16-27(17-15-26)22(28)31-23(2,3)4;1-2/h7-10,19H,11-18,25H2,1-6H3;1-2H3. The quantitative estimate of drug-likeness (QED) is 0.549. The van der Waals surface area contributed by atoms with Crippen LogP contribution in [0.1, 0.15) is 68.2 Å². The molecule has 2 rings (SSSR count). The molecule has 0 saturated carbocycles. The lowest BCUT2D eigenvalue weighted by Crippen LogP contribution is -2.50. The second-order valence-corrected chi connectivity index (χ2v) is 9.81. The highest BCUT2D eigenvalue weighted by Gasteiger charge is 2.26. The number of nitrogens with two attached hydrogens (primary N) is 1. The summed E-state index contributed by atoms with van der Waals surface area (Å²) in [6, 6.07) is 8.16. The van der Waals surface area contributed by atoms with Crippen molar-refractivity contribution in [1.82, 2.24) is 4.90 Å². The summed E-state index contributed by atoms with van der Waals surface area (Å²) in [5.41, 5.74) is 6.11. The van der Waals surface area contributed by atoms with Crippen LogP contribution in [-0.4, -0.2) is 67.6 Å². The Morgan fingerprint density at radius 3 is 2.12 bits per heavy atom. The molecule has 1 aromatic rings. The average molecular weight is 466 g/mol. The Kier molecular flexibility index (Phi) is 12.0. The number of ether oxygens (including phenoxy) is 3. The lowest BCUT2D eigenvalue weighted by molar-refractivity contribution is -0.0311. The van der Waals surface area contributed by atoms with Gasteiger partial charge in [-0.05, 0) is 78.8 Å². The minimum absolute atomic E-state index is 0.0666. The molecule has 0 radical (unpaired) electrons. The number of hydrogen-bond donors (Lipinski definition) is 1. The molecule has 2 N–H and O–H groups in total.